The van der Waals surface area contributed by atoms with E-state index in [0.29, 0.717) is 6.54 Å². The van der Waals surface area contributed by atoms with Crippen LogP contribution in [0.4, 0.5) is 0 Å². The first-order valence-electron chi connectivity index (χ1n) is 8.63. The van der Waals surface area contributed by atoms with Crippen LogP contribution in [0.1, 0.15) is 31.2 Å². The number of halogens is 2. The third-order valence-corrected chi connectivity index (χ3v) is 5.40. The van der Waals surface area contributed by atoms with Crippen molar-refractivity contribution in [2.75, 3.05) is 20.1 Å². The average molecular weight is 533 g/mol. The van der Waals surface area contributed by atoms with E-state index in [1.165, 1.54) is 22.9 Å². The van der Waals surface area contributed by atoms with Gasteiger partial charge in [0, 0.05) is 30.5 Å². The van der Waals surface area contributed by atoms with Crippen molar-refractivity contribution >= 4 is 45.9 Å². The number of nitrogens with one attached hydrogen (secondary N) is 1. The summed E-state index contributed by atoms with van der Waals surface area (Å²) in [6.07, 6.45) is 3.95. The number of benzene rings is 1. The van der Waals surface area contributed by atoms with Gasteiger partial charge in [0.25, 0.3) is 0 Å². The molecule has 1 N–H and O–H groups in total. The molecule has 0 amide bonds. The van der Waals surface area contributed by atoms with Crippen LogP contribution in [0.5, 0.6) is 0 Å². The Morgan fingerprint density at radius 3 is 2.69 bits per heavy atom. The van der Waals surface area contributed by atoms with Crippen LogP contribution in [0.3, 0.4) is 0 Å². The van der Waals surface area contributed by atoms with Crippen molar-refractivity contribution < 1.29 is 0 Å². The van der Waals surface area contributed by atoms with Crippen LogP contribution in [0, 0.1) is 0 Å². The molecule has 1 saturated carbocycles. The Hall–Kier alpha value is -1.16. The average Bonchev–Trinajstić information content (AvgIpc) is 3.28. The van der Waals surface area contributed by atoms with Gasteiger partial charge >= 0.3 is 0 Å². The van der Waals surface area contributed by atoms with Crippen LogP contribution in [-0.4, -0.2) is 45.8 Å². The van der Waals surface area contributed by atoms with Crippen molar-refractivity contribution in [3.8, 4) is 0 Å². The second-order valence-corrected chi connectivity index (χ2v) is 7.44. The molecule has 0 aliphatic heterocycles. The highest BCUT2D eigenvalue weighted by Crippen LogP contribution is 2.50. The zero-order chi connectivity index (χ0) is 17.9. The molecule has 1 aliphatic carbocycles. The molecule has 1 aromatic carbocycles. The Labute approximate surface area is 180 Å². The monoisotopic (exact) mass is 532 g/mol. The summed E-state index contributed by atoms with van der Waals surface area (Å²) in [7, 11) is 3.94. The van der Waals surface area contributed by atoms with Crippen LogP contribution >= 0.6 is 39.9 Å². The number of nitrogens with zero attached hydrogens (tertiary/aromatic N) is 5. The van der Waals surface area contributed by atoms with E-state index >= 15 is 0 Å². The number of rotatable bonds is 6. The minimum Gasteiger partial charge on any atom is -0.357 e. The predicted octanol–water partition coefficient (Wildman–Crippen LogP) is 3.32. The topological polar surface area (TPSA) is 58.3 Å². The van der Waals surface area contributed by atoms with E-state index in [1.807, 2.05) is 14.1 Å². The van der Waals surface area contributed by atoms with E-state index in [4.69, 9.17) is 4.99 Å². The SMILES string of the molecule is CCNC(=NCC1(c2ccccc2Br)CC1)N(C)Cc1ncnn1C.I. The molecule has 0 bridgehead atoms. The molecule has 1 aromatic heterocycles. The van der Waals surface area contributed by atoms with Gasteiger partial charge in [-0.15, -0.1) is 24.0 Å². The molecule has 1 fully saturated rings. The van der Waals surface area contributed by atoms with Gasteiger partial charge in [0.15, 0.2) is 5.96 Å². The van der Waals surface area contributed by atoms with Gasteiger partial charge in [-0.3, -0.25) is 9.67 Å². The van der Waals surface area contributed by atoms with Gasteiger partial charge in [0.1, 0.15) is 12.2 Å². The van der Waals surface area contributed by atoms with Crippen molar-refractivity contribution in [2.24, 2.45) is 12.0 Å². The maximum Gasteiger partial charge on any atom is 0.194 e. The molecule has 8 heteroatoms. The summed E-state index contributed by atoms with van der Waals surface area (Å²) in [4.78, 5) is 11.3. The lowest BCUT2D eigenvalue weighted by Crippen LogP contribution is -2.39. The lowest BCUT2D eigenvalue weighted by Gasteiger charge is -2.23. The Morgan fingerprint density at radius 2 is 2.12 bits per heavy atom. The van der Waals surface area contributed by atoms with E-state index in [9.17, 15) is 0 Å². The smallest absolute Gasteiger partial charge is 0.194 e. The molecule has 0 spiro atoms. The molecule has 142 valence electrons. The summed E-state index contributed by atoms with van der Waals surface area (Å²) < 4.78 is 2.98. The van der Waals surface area contributed by atoms with Crippen LogP contribution < -0.4 is 5.32 Å². The molecule has 0 atom stereocenters. The third kappa shape index (κ3) is 4.76. The number of hydrogen-bond donors (Lipinski definition) is 1. The van der Waals surface area contributed by atoms with Crippen LogP contribution in [0.15, 0.2) is 40.1 Å². The lowest BCUT2D eigenvalue weighted by atomic mass is 9.96. The first-order valence-corrected chi connectivity index (χ1v) is 9.42. The molecular formula is C18H26BrIN6. The van der Waals surface area contributed by atoms with Crippen molar-refractivity contribution in [2.45, 2.75) is 31.7 Å². The second kappa shape index (κ2) is 9.16. The van der Waals surface area contributed by atoms with Crippen molar-refractivity contribution in [1.29, 1.82) is 0 Å². The molecule has 0 radical (unpaired) electrons. The second-order valence-electron chi connectivity index (χ2n) is 6.59. The van der Waals surface area contributed by atoms with E-state index in [-0.39, 0.29) is 29.4 Å². The highest BCUT2D eigenvalue weighted by atomic mass is 127. The fraction of sp³-hybridized carbons (Fsp3) is 0.500. The molecule has 0 saturated heterocycles. The summed E-state index contributed by atoms with van der Waals surface area (Å²) in [6.45, 7) is 4.39. The molecule has 26 heavy (non-hydrogen) atoms. The van der Waals surface area contributed by atoms with Gasteiger partial charge in [-0.2, -0.15) is 5.10 Å². The van der Waals surface area contributed by atoms with Crippen LogP contribution in [0.2, 0.25) is 0 Å². The highest BCUT2D eigenvalue weighted by molar-refractivity contribution is 14.0. The summed E-state index contributed by atoms with van der Waals surface area (Å²) in [6, 6.07) is 8.49. The van der Waals surface area contributed by atoms with E-state index in [0.717, 1.165) is 24.9 Å². The number of aliphatic imine (C=N–C) groups is 1. The Balaban J connectivity index is 0.00000243. The van der Waals surface area contributed by atoms with Gasteiger partial charge in [-0.1, -0.05) is 34.1 Å². The van der Waals surface area contributed by atoms with Gasteiger partial charge in [0.2, 0.25) is 0 Å². The maximum absolute atomic E-state index is 4.93. The Morgan fingerprint density at radius 1 is 1.38 bits per heavy atom. The first kappa shape index (κ1) is 21.1. The normalized spacial score (nSPS) is 15.3. The summed E-state index contributed by atoms with van der Waals surface area (Å²) in [5.41, 5.74) is 1.54. The number of hydrogen-bond acceptors (Lipinski definition) is 3. The van der Waals surface area contributed by atoms with Gasteiger partial charge in [0.05, 0.1) is 13.1 Å². The molecule has 1 aliphatic rings. The minimum absolute atomic E-state index is 0. The maximum atomic E-state index is 4.93. The Kier molecular flexibility index (Phi) is 7.45. The molecular weight excluding hydrogens is 507 g/mol. The summed E-state index contributed by atoms with van der Waals surface area (Å²) >= 11 is 3.69. The summed E-state index contributed by atoms with van der Waals surface area (Å²) in [5.74, 6) is 1.82. The number of aromatic nitrogens is 3. The largest absolute Gasteiger partial charge is 0.357 e. The van der Waals surface area contributed by atoms with E-state index in [2.05, 4.69) is 67.4 Å². The van der Waals surface area contributed by atoms with Gasteiger partial charge in [-0.25, -0.2) is 4.98 Å². The van der Waals surface area contributed by atoms with E-state index < -0.39 is 0 Å². The predicted molar refractivity (Wildman–Crippen MR) is 119 cm³/mol. The number of guanidine groups is 1. The Bertz CT molecular complexity index is 756. The lowest BCUT2D eigenvalue weighted by molar-refractivity contribution is 0.447. The molecule has 1 heterocycles. The van der Waals surface area contributed by atoms with Gasteiger partial charge < -0.3 is 10.2 Å². The van der Waals surface area contributed by atoms with E-state index in [1.54, 1.807) is 11.0 Å². The first-order chi connectivity index (χ1) is 12.1. The molecule has 0 unspecified atom stereocenters. The third-order valence-electron chi connectivity index (χ3n) is 4.71. The van der Waals surface area contributed by atoms with Crippen LogP contribution in [0.25, 0.3) is 0 Å². The number of aryl methyl sites for hydroxylation is 1. The zero-order valence-electron chi connectivity index (χ0n) is 15.4. The van der Waals surface area contributed by atoms with Crippen molar-refractivity contribution in [1.82, 2.24) is 25.0 Å². The molecule has 2 aromatic rings. The standard InChI is InChI=1S/C18H25BrN6.HI/c1-4-20-17(24(2)11-16-22-13-23-25(16)3)21-12-18(9-10-18)14-7-5-6-8-15(14)19;/h5-8,13H,4,9-12H2,1-3H3,(H,20,21);1H. The van der Waals surface area contributed by atoms with Crippen LogP contribution in [-0.2, 0) is 19.0 Å². The quantitative estimate of drug-likeness (QED) is 0.352. The molecule has 6 nitrogen and oxygen atoms in total. The minimum atomic E-state index is 0. The fourth-order valence-corrected chi connectivity index (χ4v) is 3.71. The summed E-state index contributed by atoms with van der Waals surface area (Å²) in [5, 5.41) is 7.52. The van der Waals surface area contributed by atoms with Crippen molar-refractivity contribution in [3.63, 3.8) is 0 Å². The van der Waals surface area contributed by atoms with Crippen molar-refractivity contribution in [3.05, 3.63) is 46.5 Å². The molecule has 3 rings (SSSR count). The zero-order valence-corrected chi connectivity index (χ0v) is 19.4. The fourth-order valence-electron chi connectivity index (χ4n) is 3.00. The van der Waals surface area contributed by atoms with Gasteiger partial charge in [-0.05, 0) is 31.4 Å². The highest BCUT2D eigenvalue weighted by Gasteiger charge is 2.45.